The van der Waals surface area contributed by atoms with Gasteiger partial charge in [-0.1, -0.05) is 121 Å². The van der Waals surface area contributed by atoms with Gasteiger partial charge in [-0.2, -0.15) is 4.98 Å². The molecule has 0 bridgehead atoms. The number of aromatic nitrogens is 5. The molecule has 8 aromatic carbocycles. The number of thiophene rings is 1. The Bertz CT molecular complexity index is 3960. The predicted octanol–water partition coefficient (Wildman–Crippen LogP) is 13.3. The van der Waals surface area contributed by atoms with E-state index in [0.29, 0.717) is 5.95 Å². The molecule has 6 aromatic heterocycles. The Morgan fingerprint density at radius 2 is 0.964 bits per heavy atom. The molecule has 0 aliphatic rings. The molecule has 0 unspecified atom stereocenters. The number of rotatable bonds is 2. The van der Waals surface area contributed by atoms with Gasteiger partial charge in [0, 0.05) is 53.2 Å². The van der Waals surface area contributed by atoms with Gasteiger partial charge >= 0.3 is 0 Å². The molecule has 258 valence electrons. The van der Waals surface area contributed by atoms with E-state index in [1.807, 2.05) is 0 Å². The summed E-state index contributed by atoms with van der Waals surface area (Å²) in [6.45, 7) is 0. The third-order valence-electron chi connectivity index (χ3n) is 12.2. The SMILES string of the molecule is c1ccc2c(c1)ccc1c2c2c3c4ccccc4n(-c4nc(-n5c6ccccc6c6ccccc65)c5sc6ccccc6c5n4)c3cc3c4ccccc4n1c32. The zero-order chi connectivity index (χ0) is 36.2. The van der Waals surface area contributed by atoms with Crippen molar-refractivity contribution in [2.24, 2.45) is 0 Å². The van der Waals surface area contributed by atoms with E-state index < -0.39 is 0 Å². The topological polar surface area (TPSA) is 40.0 Å². The molecule has 14 aromatic rings. The van der Waals surface area contributed by atoms with Crippen molar-refractivity contribution >= 4 is 124 Å². The van der Waals surface area contributed by atoms with Crippen LogP contribution in [0.15, 0.2) is 164 Å². The number of fused-ring (bicyclic) bond motifs is 18. The van der Waals surface area contributed by atoms with E-state index in [1.54, 1.807) is 11.3 Å². The maximum absolute atomic E-state index is 5.69. The summed E-state index contributed by atoms with van der Waals surface area (Å²) < 4.78 is 9.46. The fourth-order valence-electron chi connectivity index (χ4n) is 9.96. The minimum Gasteiger partial charge on any atom is -0.308 e. The molecule has 0 spiro atoms. The first kappa shape index (κ1) is 29.1. The standard InChI is InChI=1S/C50H27N5S/c1-2-14-29-28(13-1)25-26-40-43(29)45-44-33-18-6-11-23-39(33)55(41(44)27-35-32-17-5-8-20-36(32)53(40)47(35)45)50-51-46-34-19-7-12-24-42(34)56-48(46)49(52-50)54-37-21-9-3-15-30(37)31-16-4-10-22-38(31)54/h1-27H. The molecule has 0 saturated heterocycles. The largest absolute Gasteiger partial charge is 0.308 e. The minimum absolute atomic E-state index is 0.663. The molecule has 0 atom stereocenters. The highest BCUT2D eigenvalue weighted by Gasteiger charge is 2.27. The molecule has 0 saturated carbocycles. The molecular weight excluding hydrogens is 703 g/mol. The van der Waals surface area contributed by atoms with E-state index in [4.69, 9.17) is 9.97 Å². The van der Waals surface area contributed by atoms with Crippen LogP contribution in [-0.2, 0) is 0 Å². The fourth-order valence-corrected chi connectivity index (χ4v) is 11.1. The third-order valence-corrected chi connectivity index (χ3v) is 13.3. The molecule has 14 rings (SSSR count). The first-order chi connectivity index (χ1) is 27.8. The summed E-state index contributed by atoms with van der Waals surface area (Å²) in [5, 5.41) is 13.5. The quantitative estimate of drug-likeness (QED) is 0.178. The minimum atomic E-state index is 0.663. The van der Waals surface area contributed by atoms with E-state index in [-0.39, 0.29) is 0 Å². The van der Waals surface area contributed by atoms with Crippen LogP contribution in [0.3, 0.4) is 0 Å². The maximum atomic E-state index is 5.69. The van der Waals surface area contributed by atoms with Crippen LogP contribution in [-0.4, -0.2) is 23.5 Å². The predicted molar refractivity (Wildman–Crippen MR) is 236 cm³/mol. The van der Waals surface area contributed by atoms with Gasteiger partial charge in [-0.25, -0.2) is 4.98 Å². The normalized spacial score (nSPS) is 12.6. The van der Waals surface area contributed by atoms with E-state index in [1.165, 1.54) is 75.1 Å². The van der Waals surface area contributed by atoms with E-state index >= 15 is 0 Å². The monoisotopic (exact) mass is 729 g/mol. The molecule has 6 heterocycles. The Kier molecular flexibility index (Phi) is 5.34. The summed E-state index contributed by atoms with van der Waals surface area (Å²) in [7, 11) is 0. The highest BCUT2D eigenvalue weighted by atomic mass is 32.1. The molecule has 0 radical (unpaired) electrons. The average molecular weight is 730 g/mol. The Balaban J connectivity index is 1.22. The molecule has 0 aliphatic heterocycles. The number of hydrogen-bond donors (Lipinski definition) is 0. The Labute approximate surface area is 321 Å². The van der Waals surface area contributed by atoms with Crippen LogP contribution in [0, 0.1) is 0 Å². The second kappa shape index (κ2) is 10.3. The number of hydrogen-bond acceptors (Lipinski definition) is 3. The Morgan fingerprint density at radius 1 is 0.393 bits per heavy atom. The van der Waals surface area contributed by atoms with Gasteiger partial charge in [-0.15, -0.1) is 11.3 Å². The Morgan fingerprint density at radius 3 is 1.71 bits per heavy atom. The zero-order valence-corrected chi connectivity index (χ0v) is 30.5. The zero-order valence-electron chi connectivity index (χ0n) is 29.7. The van der Waals surface area contributed by atoms with Crippen molar-refractivity contribution in [2.45, 2.75) is 0 Å². The van der Waals surface area contributed by atoms with E-state index in [0.717, 1.165) is 43.5 Å². The number of para-hydroxylation sites is 4. The van der Waals surface area contributed by atoms with Gasteiger partial charge in [0.15, 0.2) is 5.82 Å². The summed E-state index contributed by atoms with van der Waals surface area (Å²) in [6.07, 6.45) is 0. The smallest absolute Gasteiger partial charge is 0.237 e. The van der Waals surface area contributed by atoms with Gasteiger partial charge in [0.1, 0.15) is 0 Å². The second-order valence-electron chi connectivity index (χ2n) is 14.9. The van der Waals surface area contributed by atoms with Gasteiger partial charge in [0.05, 0.1) is 48.8 Å². The molecule has 5 nitrogen and oxygen atoms in total. The van der Waals surface area contributed by atoms with E-state index in [9.17, 15) is 0 Å². The molecule has 0 aliphatic carbocycles. The van der Waals surface area contributed by atoms with Crippen molar-refractivity contribution in [1.82, 2.24) is 23.5 Å². The van der Waals surface area contributed by atoms with Crippen molar-refractivity contribution in [3.63, 3.8) is 0 Å². The summed E-state index contributed by atoms with van der Waals surface area (Å²) in [6, 6.07) is 59.5. The van der Waals surface area contributed by atoms with Crippen LogP contribution in [0.25, 0.3) is 125 Å². The lowest BCUT2D eigenvalue weighted by molar-refractivity contribution is 0.977. The number of benzene rings is 8. The van der Waals surface area contributed by atoms with Crippen LogP contribution >= 0.6 is 11.3 Å². The lowest BCUT2D eigenvalue weighted by Crippen LogP contribution is -2.06. The Hall–Kier alpha value is -7.28. The maximum Gasteiger partial charge on any atom is 0.237 e. The van der Waals surface area contributed by atoms with Crippen LogP contribution in [0.2, 0.25) is 0 Å². The van der Waals surface area contributed by atoms with Crippen LogP contribution < -0.4 is 0 Å². The highest BCUT2D eigenvalue weighted by molar-refractivity contribution is 7.26. The summed E-state index contributed by atoms with van der Waals surface area (Å²) in [5.74, 6) is 1.56. The van der Waals surface area contributed by atoms with Gasteiger partial charge in [-0.3, -0.25) is 9.13 Å². The van der Waals surface area contributed by atoms with Crippen molar-refractivity contribution < 1.29 is 0 Å². The molecule has 0 N–H and O–H groups in total. The molecule has 6 heteroatoms. The summed E-state index contributed by atoms with van der Waals surface area (Å²) in [5.41, 5.74) is 9.13. The summed E-state index contributed by atoms with van der Waals surface area (Å²) in [4.78, 5) is 11.3. The molecule has 56 heavy (non-hydrogen) atoms. The highest BCUT2D eigenvalue weighted by Crippen LogP contribution is 2.48. The van der Waals surface area contributed by atoms with Gasteiger partial charge in [-0.05, 0) is 53.2 Å². The van der Waals surface area contributed by atoms with Crippen molar-refractivity contribution in [3.05, 3.63) is 164 Å². The average Bonchev–Trinajstić information content (AvgIpc) is 4.05. The molecule has 0 fully saturated rings. The molecular formula is C50H27N5S. The molecule has 0 amide bonds. The number of nitrogens with zero attached hydrogens (tertiary/aromatic N) is 5. The first-order valence-electron chi connectivity index (χ1n) is 19.0. The van der Waals surface area contributed by atoms with Crippen LogP contribution in [0.4, 0.5) is 0 Å². The van der Waals surface area contributed by atoms with Gasteiger partial charge < -0.3 is 4.40 Å². The van der Waals surface area contributed by atoms with Crippen LogP contribution in [0.5, 0.6) is 0 Å². The van der Waals surface area contributed by atoms with E-state index in [2.05, 4.69) is 177 Å². The van der Waals surface area contributed by atoms with Crippen molar-refractivity contribution in [3.8, 4) is 11.8 Å². The van der Waals surface area contributed by atoms with Crippen molar-refractivity contribution in [2.75, 3.05) is 0 Å². The third kappa shape index (κ3) is 3.47. The summed E-state index contributed by atoms with van der Waals surface area (Å²) >= 11 is 1.77. The van der Waals surface area contributed by atoms with Crippen molar-refractivity contribution in [1.29, 1.82) is 0 Å². The fraction of sp³-hybridized carbons (Fsp3) is 0. The van der Waals surface area contributed by atoms with Gasteiger partial charge in [0.25, 0.3) is 0 Å². The first-order valence-corrected chi connectivity index (χ1v) is 19.8. The second-order valence-corrected chi connectivity index (χ2v) is 16.0. The van der Waals surface area contributed by atoms with Crippen LogP contribution in [0.1, 0.15) is 0 Å². The van der Waals surface area contributed by atoms with Gasteiger partial charge in [0.2, 0.25) is 5.95 Å². The lowest BCUT2D eigenvalue weighted by Gasteiger charge is -2.12. The lowest BCUT2D eigenvalue weighted by atomic mass is 9.98.